The lowest BCUT2D eigenvalue weighted by Gasteiger charge is -2.46. The number of carboxylic acids is 1. The van der Waals surface area contributed by atoms with Crippen LogP contribution in [-0.4, -0.2) is 11.1 Å². The second-order valence-corrected chi connectivity index (χ2v) is 5.46. The van der Waals surface area contributed by atoms with Gasteiger partial charge in [-0.1, -0.05) is 28.9 Å². The lowest BCUT2D eigenvalue weighted by atomic mass is 9.59. The molecule has 1 N–H and O–H groups in total. The van der Waals surface area contributed by atoms with Crippen molar-refractivity contribution in [2.45, 2.75) is 26.7 Å². The van der Waals surface area contributed by atoms with E-state index in [2.05, 4.69) is 28.9 Å². The summed E-state index contributed by atoms with van der Waals surface area (Å²) in [7, 11) is 0. The first kappa shape index (κ1) is 9.25. The third-order valence-electron chi connectivity index (χ3n) is 4.09. The first-order valence-electron chi connectivity index (χ1n) is 4.53. The van der Waals surface area contributed by atoms with Crippen LogP contribution in [-0.2, 0) is 4.79 Å². The minimum Gasteiger partial charge on any atom is -0.481 e. The Morgan fingerprint density at radius 3 is 2.69 bits per heavy atom. The Labute approximate surface area is 86.1 Å². The van der Waals surface area contributed by atoms with Gasteiger partial charge in [-0.2, -0.15) is 0 Å². The van der Waals surface area contributed by atoms with Gasteiger partial charge in [0.1, 0.15) is 0 Å². The smallest absolute Gasteiger partial charge is 0.310 e. The van der Waals surface area contributed by atoms with Gasteiger partial charge in [0, 0.05) is 11.3 Å². The second-order valence-electron chi connectivity index (χ2n) is 4.54. The van der Waals surface area contributed by atoms with Crippen molar-refractivity contribution in [2.75, 3.05) is 0 Å². The normalized spacial score (nSPS) is 47.9. The van der Waals surface area contributed by atoms with Gasteiger partial charge in [-0.05, 0) is 24.2 Å². The zero-order valence-electron chi connectivity index (χ0n) is 7.80. The predicted molar refractivity (Wildman–Crippen MR) is 53.6 cm³/mol. The maximum atomic E-state index is 11.2. The number of hydrogen-bond acceptors (Lipinski definition) is 1. The Morgan fingerprint density at radius 1 is 1.69 bits per heavy atom. The van der Waals surface area contributed by atoms with Crippen LogP contribution in [0.4, 0.5) is 0 Å². The molecule has 0 aromatic carbocycles. The summed E-state index contributed by atoms with van der Waals surface area (Å²) >= 11 is 3.47. The van der Waals surface area contributed by atoms with E-state index in [1.807, 2.05) is 6.92 Å². The number of carboxylic acid groups (broad SMARTS) is 1. The molecule has 3 atom stereocenters. The molecule has 1 fully saturated rings. The molecular weight excluding hydrogens is 232 g/mol. The summed E-state index contributed by atoms with van der Waals surface area (Å²) in [5.41, 5.74) is -0.688. The van der Waals surface area contributed by atoms with E-state index in [1.165, 1.54) is 4.48 Å². The molecule has 2 rings (SSSR count). The Kier molecular flexibility index (Phi) is 1.69. The molecule has 2 aliphatic rings. The van der Waals surface area contributed by atoms with E-state index in [0.717, 1.165) is 12.8 Å². The van der Waals surface area contributed by atoms with E-state index in [-0.39, 0.29) is 5.41 Å². The summed E-state index contributed by atoms with van der Waals surface area (Å²) in [6.07, 6.45) is 3.85. The maximum Gasteiger partial charge on any atom is 0.310 e. The van der Waals surface area contributed by atoms with Gasteiger partial charge >= 0.3 is 5.97 Å². The number of halogens is 1. The fourth-order valence-corrected chi connectivity index (χ4v) is 3.88. The average Bonchev–Trinajstić information content (AvgIpc) is 2.22. The number of carbonyl (C=O) groups is 1. The highest BCUT2D eigenvalue weighted by molar-refractivity contribution is 9.11. The largest absolute Gasteiger partial charge is 0.481 e. The van der Waals surface area contributed by atoms with Gasteiger partial charge in [-0.15, -0.1) is 0 Å². The van der Waals surface area contributed by atoms with E-state index in [1.54, 1.807) is 0 Å². The highest BCUT2D eigenvalue weighted by Crippen LogP contribution is 2.66. The molecule has 0 aromatic rings. The number of fused-ring (bicyclic) bond motifs is 1. The number of rotatable bonds is 1. The van der Waals surface area contributed by atoms with E-state index >= 15 is 0 Å². The number of allylic oxidation sites excluding steroid dienone is 2. The van der Waals surface area contributed by atoms with E-state index < -0.39 is 11.4 Å². The minimum atomic E-state index is -0.659. The SMILES string of the molecule is C[C@]1(C(=O)O)CCC2C(Br)=C[C@]21C. The van der Waals surface area contributed by atoms with Crippen LogP contribution in [0.2, 0.25) is 0 Å². The standard InChI is InChI=1S/C10H13BrO2/c1-9(8(12)13)4-3-6-7(11)5-10(6,9)2/h5-6H,3-4H2,1-2H3,(H,12,13)/t6?,9-,10-/m1/s1. The van der Waals surface area contributed by atoms with Gasteiger partial charge in [0.15, 0.2) is 0 Å². The predicted octanol–water partition coefficient (Wildman–Crippen LogP) is 2.79. The van der Waals surface area contributed by atoms with Crippen LogP contribution < -0.4 is 0 Å². The lowest BCUT2D eigenvalue weighted by Crippen LogP contribution is -2.45. The molecule has 0 heterocycles. The zero-order valence-corrected chi connectivity index (χ0v) is 9.39. The molecule has 0 aliphatic heterocycles. The van der Waals surface area contributed by atoms with Gasteiger partial charge in [0.2, 0.25) is 0 Å². The summed E-state index contributed by atoms with van der Waals surface area (Å²) in [6, 6.07) is 0. The Bertz CT molecular complexity index is 310. The van der Waals surface area contributed by atoms with Crippen LogP contribution in [0.1, 0.15) is 26.7 Å². The zero-order chi connectivity index (χ0) is 9.85. The van der Waals surface area contributed by atoms with Crippen LogP contribution in [0.3, 0.4) is 0 Å². The maximum absolute atomic E-state index is 11.2. The van der Waals surface area contributed by atoms with Crippen molar-refractivity contribution in [1.29, 1.82) is 0 Å². The Hall–Kier alpha value is -0.310. The fourth-order valence-electron chi connectivity index (χ4n) is 2.70. The summed E-state index contributed by atoms with van der Waals surface area (Å²) in [6.45, 7) is 3.93. The van der Waals surface area contributed by atoms with Crippen molar-refractivity contribution in [2.24, 2.45) is 16.7 Å². The highest BCUT2D eigenvalue weighted by Gasteiger charge is 2.62. The second kappa shape index (κ2) is 2.38. The van der Waals surface area contributed by atoms with E-state index in [4.69, 9.17) is 0 Å². The topological polar surface area (TPSA) is 37.3 Å². The molecule has 2 aliphatic carbocycles. The van der Waals surface area contributed by atoms with Crippen LogP contribution in [0, 0.1) is 16.7 Å². The molecular formula is C10H13BrO2. The lowest BCUT2D eigenvalue weighted by molar-refractivity contribution is -0.153. The minimum absolute atomic E-state index is 0.127. The van der Waals surface area contributed by atoms with Gasteiger partial charge < -0.3 is 5.11 Å². The molecule has 0 amide bonds. The fraction of sp³-hybridized carbons (Fsp3) is 0.700. The monoisotopic (exact) mass is 244 g/mol. The molecule has 2 nitrogen and oxygen atoms in total. The van der Waals surface area contributed by atoms with Crippen LogP contribution in [0.5, 0.6) is 0 Å². The van der Waals surface area contributed by atoms with Crippen molar-refractivity contribution in [1.82, 2.24) is 0 Å². The van der Waals surface area contributed by atoms with Crippen molar-refractivity contribution in [3.63, 3.8) is 0 Å². The highest BCUT2D eigenvalue weighted by atomic mass is 79.9. The van der Waals surface area contributed by atoms with Crippen molar-refractivity contribution in [3.05, 3.63) is 10.6 Å². The number of aliphatic carboxylic acids is 1. The summed E-state index contributed by atoms with van der Waals surface area (Å²) in [4.78, 5) is 11.2. The first-order valence-corrected chi connectivity index (χ1v) is 5.33. The van der Waals surface area contributed by atoms with Gasteiger partial charge in [-0.3, -0.25) is 4.79 Å². The van der Waals surface area contributed by atoms with Crippen LogP contribution in [0.15, 0.2) is 10.6 Å². The third-order valence-corrected chi connectivity index (χ3v) is 4.87. The summed E-state index contributed by atoms with van der Waals surface area (Å²) < 4.78 is 1.19. The third kappa shape index (κ3) is 0.862. The average molecular weight is 245 g/mol. The van der Waals surface area contributed by atoms with Crippen LogP contribution in [0.25, 0.3) is 0 Å². The van der Waals surface area contributed by atoms with Gasteiger partial charge in [0.05, 0.1) is 5.41 Å². The van der Waals surface area contributed by atoms with E-state index in [0.29, 0.717) is 5.92 Å². The molecule has 72 valence electrons. The molecule has 13 heavy (non-hydrogen) atoms. The molecule has 1 unspecified atom stereocenters. The van der Waals surface area contributed by atoms with E-state index in [9.17, 15) is 9.90 Å². The molecule has 0 aromatic heterocycles. The Morgan fingerprint density at radius 2 is 2.31 bits per heavy atom. The summed E-state index contributed by atoms with van der Waals surface area (Å²) in [5, 5.41) is 9.20. The van der Waals surface area contributed by atoms with Crippen molar-refractivity contribution in [3.8, 4) is 0 Å². The first-order chi connectivity index (χ1) is 5.92. The number of hydrogen-bond donors (Lipinski definition) is 1. The van der Waals surface area contributed by atoms with Gasteiger partial charge in [0.25, 0.3) is 0 Å². The molecule has 3 heteroatoms. The quantitative estimate of drug-likeness (QED) is 0.771. The molecule has 0 spiro atoms. The molecule has 1 saturated carbocycles. The summed E-state index contributed by atoms with van der Waals surface area (Å²) in [5.74, 6) is -0.220. The molecule has 0 saturated heterocycles. The Balaban J connectivity index is 2.42. The van der Waals surface area contributed by atoms with Gasteiger partial charge in [-0.25, -0.2) is 0 Å². The van der Waals surface area contributed by atoms with Crippen molar-refractivity contribution < 1.29 is 9.90 Å². The van der Waals surface area contributed by atoms with Crippen molar-refractivity contribution >= 4 is 21.9 Å². The molecule has 0 radical (unpaired) electrons. The van der Waals surface area contributed by atoms with Crippen LogP contribution >= 0.6 is 15.9 Å². The molecule has 0 bridgehead atoms.